The first-order valence-electron chi connectivity index (χ1n) is 10.7. The van der Waals surface area contributed by atoms with Crippen molar-refractivity contribution in [2.75, 3.05) is 31.1 Å². The molecular formula is C22H27N5O5. The molecule has 0 saturated carbocycles. The van der Waals surface area contributed by atoms with Crippen LogP contribution < -0.4 is 15.8 Å². The number of nitrogens with one attached hydrogen (secondary N) is 1. The van der Waals surface area contributed by atoms with E-state index in [1.807, 2.05) is 32.9 Å². The molecule has 3 amide bonds. The van der Waals surface area contributed by atoms with Crippen molar-refractivity contribution >= 4 is 34.4 Å². The van der Waals surface area contributed by atoms with E-state index in [1.54, 1.807) is 17.2 Å². The number of hydrogen-bond donors (Lipinski definition) is 1. The highest BCUT2D eigenvalue weighted by molar-refractivity contribution is 5.99. The molecule has 170 valence electrons. The predicted octanol–water partition coefficient (Wildman–Crippen LogP) is 1.43. The molecule has 1 aromatic carbocycles. The minimum Gasteiger partial charge on any atom is -0.444 e. The SMILES string of the molecule is CC(C)(C)OC(=O)N1CCN(c2ccc3c(=O)n(C4CCC(=O)NC4=O)ncc3c2)CC1. The predicted molar refractivity (Wildman–Crippen MR) is 117 cm³/mol. The second-order valence-corrected chi connectivity index (χ2v) is 9.09. The van der Waals surface area contributed by atoms with Gasteiger partial charge in [0.2, 0.25) is 5.91 Å². The highest BCUT2D eigenvalue weighted by atomic mass is 16.6. The number of hydrogen-bond acceptors (Lipinski definition) is 7. The molecule has 10 heteroatoms. The van der Waals surface area contributed by atoms with Gasteiger partial charge in [-0.2, -0.15) is 5.10 Å². The normalized spacial score (nSPS) is 19.8. The van der Waals surface area contributed by atoms with Gasteiger partial charge in [-0.1, -0.05) is 0 Å². The van der Waals surface area contributed by atoms with Crippen LogP contribution in [0, 0.1) is 0 Å². The van der Waals surface area contributed by atoms with Crippen LogP contribution in [0.2, 0.25) is 0 Å². The molecule has 2 saturated heterocycles. The Hall–Kier alpha value is -3.43. The van der Waals surface area contributed by atoms with E-state index in [0.29, 0.717) is 37.0 Å². The van der Waals surface area contributed by atoms with Crippen molar-refractivity contribution < 1.29 is 19.1 Å². The largest absolute Gasteiger partial charge is 0.444 e. The van der Waals surface area contributed by atoms with E-state index < -0.39 is 17.6 Å². The average Bonchev–Trinajstić information content (AvgIpc) is 2.73. The molecule has 1 aromatic heterocycles. The minimum absolute atomic E-state index is 0.177. The fourth-order valence-electron chi connectivity index (χ4n) is 3.96. The number of nitrogens with zero attached hydrogens (tertiary/aromatic N) is 4. The lowest BCUT2D eigenvalue weighted by Crippen LogP contribution is -2.50. The first-order chi connectivity index (χ1) is 15.1. The zero-order chi connectivity index (χ0) is 23.0. The zero-order valence-electron chi connectivity index (χ0n) is 18.5. The minimum atomic E-state index is -0.787. The van der Waals surface area contributed by atoms with Gasteiger partial charge in [-0.15, -0.1) is 0 Å². The Morgan fingerprint density at radius 2 is 1.84 bits per heavy atom. The highest BCUT2D eigenvalue weighted by Gasteiger charge is 2.30. The lowest BCUT2D eigenvalue weighted by molar-refractivity contribution is -0.136. The van der Waals surface area contributed by atoms with Gasteiger partial charge in [0.1, 0.15) is 11.6 Å². The Bertz CT molecular complexity index is 1130. The van der Waals surface area contributed by atoms with Gasteiger partial charge in [0.25, 0.3) is 11.5 Å². The maximum absolute atomic E-state index is 12.9. The molecule has 0 aliphatic carbocycles. The van der Waals surface area contributed by atoms with Gasteiger partial charge in [0, 0.05) is 43.7 Å². The molecule has 32 heavy (non-hydrogen) atoms. The molecular weight excluding hydrogens is 414 g/mol. The van der Waals surface area contributed by atoms with Crippen LogP contribution in [0.1, 0.15) is 39.7 Å². The number of imide groups is 1. The van der Waals surface area contributed by atoms with Gasteiger partial charge in [0.15, 0.2) is 0 Å². The number of amides is 3. The van der Waals surface area contributed by atoms with Crippen LogP contribution in [0.5, 0.6) is 0 Å². The summed E-state index contributed by atoms with van der Waals surface area (Å²) in [6.07, 6.45) is 1.69. The number of piperazine rings is 1. The summed E-state index contributed by atoms with van der Waals surface area (Å²) in [5.74, 6) is -0.842. The van der Waals surface area contributed by atoms with E-state index in [-0.39, 0.29) is 30.4 Å². The first-order valence-corrected chi connectivity index (χ1v) is 10.7. The van der Waals surface area contributed by atoms with Crippen molar-refractivity contribution in [1.29, 1.82) is 0 Å². The Morgan fingerprint density at radius 3 is 2.50 bits per heavy atom. The molecule has 3 heterocycles. The smallest absolute Gasteiger partial charge is 0.410 e. The van der Waals surface area contributed by atoms with Gasteiger partial charge in [0.05, 0.1) is 11.6 Å². The van der Waals surface area contributed by atoms with Crippen LogP contribution in [-0.2, 0) is 14.3 Å². The van der Waals surface area contributed by atoms with Crippen molar-refractivity contribution in [3.05, 3.63) is 34.7 Å². The summed E-state index contributed by atoms with van der Waals surface area (Å²) in [4.78, 5) is 52.6. The lowest BCUT2D eigenvalue weighted by Gasteiger charge is -2.36. The first kappa shape index (κ1) is 21.8. The number of carbonyl (C=O) groups is 3. The molecule has 2 fully saturated rings. The fraction of sp³-hybridized carbons (Fsp3) is 0.500. The van der Waals surface area contributed by atoms with Gasteiger partial charge in [-0.25, -0.2) is 9.48 Å². The summed E-state index contributed by atoms with van der Waals surface area (Å²) in [7, 11) is 0. The number of rotatable bonds is 2. The van der Waals surface area contributed by atoms with Crippen molar-refractivity contribution in [2.45, 2.75) is 45.3 Å². The van der Waals surface area contributed by atoms with Crippen LogP contribution in [0.25, 0.3) is 10.8 Å². The Kier molecular flexibility index (Phi) is 5.62. The van der Waals surface area contributed by atoms with E-state index in [4.69, 9.17) is 4.74 Å². The second kappa shape index (κ2) is 8.25. The van der Waals surface area contributed by atoms with Gasteiger partial charge < -0.3 is 14.5 Å². The molecule has 1 atom stereocenters. The quantitative estimate of drug-likeness (QED) is 0.702. The second-order valence-electron chi connectivity index (χ2n) is 9.09. The standard InChI is InChI=1S/C22H27N5O5/c1-22(2,3)32-21(31)26-10-8-25(9-11-26)15-4-5-16-14(12-15)13-23-27(20(16)30)17-6-7-18(28)24-19(17)29/h4-5,12-13,17H,6-11H2,1-3H3,(H,24,28,29). The van der Waals surface area contributed by atoms with Crippen molar-refractivity contribution in [3.8, 4) is 0 Å². The van der Waals surface area contributed by atoms with E-state index in [2.05, 4.69) is 15.3 Å². The lowest BCUT2D eigenvalue weighted by atomic mass is 10.1. The van der Waals surface area contributed by atoms with E-state index in [1.165, 1.54) is 0 Å². The Labute approximate surface area is 185 Å². The molecule has 1 unspecified atom stereocenters. The number of piperidine rings is 1. The van der Waals surface area contributed by atoms with Gasteiger partial charge in [-0.05, 0) is 45.4 Å². The number of carbonyl (C=O) groups excluding carboxylic acids is 3. The summed E-state index contributed by atoms with van der Waals surface area (Å²) < 4.78 is 6.60. The van der Waals surface area contributed by atoms with Gasteiger partial charge in [-0.3, -0.25) is 19.7 Å². The number of aromatic nitrogens is 2. The van der Waals surface area contributed by atoms with Gasteiger partial charge >= 0.3 is 6.09 Å². The van der Waals surface area contributed by atoms with Crippen LogP contribution in [0.4, 0.5) is 10.5 Å². The molecule has 0 radical (unpaired) electrons. The number of benzene rings is 1. The average molecular weight is 441 g/mol. The maximum atomic E-state index is 12.9. The molecule has 2 aliphatic heterocycles. The number of fused-ring (bicyclic) bond motifs is 1. The fourth-order valence-corrected chi connectivity index (χ4v) is 3.96. The van der Waals surface area contributed by atoms with Crippen LogP contribution in [-0.4, -0.2) is 64.4 Å². The molecule has 0 spiro atoms. The van der Waals surface area contributed by atoms with Crippen molar-refractivity contribution in [2.24, 2.45) is 0 Å². The van der Waals surface area contributed by atoms with E-state index in [0.717, 1.165) is 10.4 Å². The summed E-state index contributed by atoms with van der Waals surface area (Å²) >= 11 is 0. The van der Waals surface area contributed by atoms with Crippen LogP contribution in [0.3, 0.4) is 0 Å². The number of anilines is 1. The molecule has 10 nitrogen and oxygen atoms in total. The number of ether oxygens (including phenoxy) is 1. The Balaban J connectivity index is 1.49. The van der Waals surface area contributed by atoms with Crippen molar-refractivity contribution in [3.63, 3.8) is 0 Å². The third kappa shape index (κ3) is 4.44. The molecule has 2 aromatic rings. The summed E-state index contributed by atoms with van der Waals surface area (Å²) in [6, 6.07) is 4.70. The van der Waals surface area contributed by atoms with E-state index in [9.17, 15) is 19.2 Å². The summed E-state index contributed by atoms with van der Waals surface area (Å²) in [5, 5.41) is 7.59. The third-order valence-corrected chi connectivity index (χ3v) is 5.60. The molecule has 1 N–H and O–H groups in total. The third-order valence-electron chi connectivity index (χ3n) is 5.60. The van der Waals surface area contributed by atoms with E-state index >= 15 is 0 Å². The summed E-state index contributed by atoms with van der Waals surface area (Å²) in [6.45, 7) is 7.91. The van der Waals surface area contributed by atoms with Crippen molar-refractivity contribution in [1.82, 2.24) is 20.0 Å². The topological polar surface area (TPSA) is 114 Å². The Morgan fingerprint density at radius 1 is 1.12 bits per heavy atom. The molecule has 2 aliphatic rings. The highest BCUT2D eigenvalue weighted by Crippen LogP contribution is 2.23. The summed E-state index contributed by atoms with van der Waals surface area (Å²) in [5.41, 5.74) is 0.0416. The molecule has 4 rings (SSSR count). The van der Waals surface area contributed by atoms with Crippen LogP contribution in [0.15, 0.2) is 29.2 Å². The monoisotopic (exact) mass is 441 g/mol. The maximum Gasteiger partial charge on any atom is 0.410 e. The zero-order valence-corrected chi connectivity index (χ0v) is 18.5. The van der Waals surface area contributed by atoms with Crippen LogP contribution >= 0.6 is 0 Å². The molecule has 0 bridgehead atoms.